The predicted octanol–water partition coefficient (Wildman–Crippen LogP) is 2.56. The minimum atomic E-state index is -0.353. The van der Waals surface area contributed by atoms with E-state index < -0.39 is 0 Å². The van der Waals surface area contributed by atoms with E-state index in [1.54, 1.807) is 14.0 Å². The molecule has 2 nitrogen and oxygen atoms in total. The number of carbonyl (C=O) groups is 1. The molecule has 1 rings (SSSR count). The van der Waals surface area contributed by atoms with Gasteiger partial charge in [-0.3, -0.25) is 4.79 Å². The molecule has 1 atom stereocenters. The summed E-state index contributed by atoms with van der Waals surface area (Å²) in [7, 11) is 1.59. The number of carbonyl (C=O) groups excluding carboxylic acids is 1. The van der Waals surface area contributed by atoms with E-state index in [4.69, 9.17) is 16.3 Å². The van der Waals surface area contributed by atoms with Crippen molar-refractivity contribution in [1.29, 1.82) is 0 Å². The fourth-order valence-corrected chi connectivity index (χ4v) is 1.17. The highest BCUT2D eigenvalue weighted by molar-refractivity contribution is 6.64. The Balaban J connectivity index is 2.94. The van der Waals surface area contributed by atoms with E-state index in [2.05, 4.69) is 0 Å². The van der Waals surface area contributed by atoms with Gasteiger partial charge in [-0.25, -0.2) is 0 Å². The van der Waals surface area contributed by atoms with Gasteiger partial charge in [-0.05, 0) is 29.3 Å². The van der Waals surface area contributed by atoms with Gasteiger partial charge >= 0.3 is 0 Å². The maximum Gasteiger partial charge on any atom is 0.228 e. The first-order valence-corrected chi connectivity index (χ1v) is 4.36. The Kier molecular flexibility index (Phi) is 3.32. The van der Waals surface area contributed by atoms with Crippen molar-refractivity contribution in [1.82, 2.24) is 0 Å². The van der Waals surface area contributed by atoms with Gasteiger partial charge in [-0.1, -0.05) is 19.1 Å². The molecule has 13 heavy (non-hydrogen) atoms. The van der Waals surface area contributed by atoms with E-state index in [-0.39, 0.29) is 11.2 Å². The van der Waals surface area contributed by atoms with Gasteiger partial charge in [0.25, 0.3) is 0 Å². The van der Waals surface area contributed by atoms with E-state index in [9.17, 15) is 4.79 Å². The molecule has 1 aromatic rings. The van der Waals surface area contributed by atoms with Crippen LogP contribution in [0.25, 0.3) is 0 Å². The summed E-state index contributed by atoms with van der Waals surface area (Å²) in [4.78, 5) is 10.9. The molecule has 0 aliphatic heterocycles. The third-order valence-corrected chi connectivity index (χ3v) is 2.26. The number of halogens is 1. The van der Waals surface area contributed by atoms with Crippen LogP contribution in [0.2, 0.25) is 0 Å². The molecular weight excluding hydrogens is 188 g/mol. The smallest absolute Gasteiger partial charge is 0.228 e. The average molecular weight is 199 g/mol. The first kappa shape index (κ1) is 10.1. The molecule has 0 heterocycles. The van der Waals surface area contributed by atoms with Crippen LogP contribution in [0, 0.1) is 0 Å². The van der Waals surface area contributed by atoms with E-state index in [1.807, 2.05) is 24.3 Å². The Labute approximate surface area is 82.5 Å². The quantitative estimate of drug-likeness (QED) is 0.698. The van der Waals surface area contributed by atoms with E-state index in [0.29, 0.717) is 0 Å². The van der Waals surface area contributed by atoms with Crippen LogP contribution in [0.15, 0.2) is 24.3 Å². The van der Waals surface area contributed by atoms with Crippen molar-refractivity contribution >= 4 is 16.8 Å². The lowest BCUT2D eigenvalue weighted by atomic mass is 10.0. The van der Waals surface area contributed by atoms with Gasteiger partial charge < -0.3 is 4.74 Å². The minimum absolute atomic E-state index is 0.281. The monoisotopic (exact) mass is 198 g/mol. The molecule has 0 radical (unpaired) electrons. The summed E-state index contributed by atoms with van der Waals surface area (Å²) >= 11 is 5.38. The molecule has 1 aromatic carbocycles. The first-order chi connectivity index (χ1) is 6.15. The van der Waals surface area contributed by atoms with Crippen LogP contribution in [0.1, 0.15) is 18.4 Å². The Morgan fingerprint density at radius 1 is 1.54 bits per heavy atom. The molecule has 0 amide bonds. The van der Waals surface area contributed by atoms with Crippen molar-refractivity contribution in [3.63, 3.8) is 0 Å². The number of methoxy groups -OCH3 is 1. The summed E-state index contributed by atoms with van der Waals surface area (Å²) in [5.41, 5.74) is 0.874. The second kappa shape index (κ2) is 4.28. The molecule has 0 fully saturated rings. The van der Waals surface area contributed by atoms with Crippen LogP contribution in [-0.2, 0) is 4.79 Å². The molecule has 0 N–H and O–H groups in total. The minimum Gasteiger partial charge on any atom is -0.497 e. The first-order valence-electron chi connectivity index (χ1n) is 3.98. The summed E-state index contributed by atoms with van der Waals surface area (Å²) in [5.74, 6) is 0.457. The van der Waals surface area contributed by atoms with E-state index >= 15 is 0 Å². The van der Waals surface area contributed by atoms with Crippen LogP contribution in [0.5, 0.6) is 5.75 Å². The third-order valence-electron chi connectivity index (χ3n) is 1.93. The molecule has 0 aromatic heterocycles. The molecule has 0 bridgehead atoms. The lowest BCUT2D eigenvalue weighted by molar-refractivity contribution is -0.112. The topological polar surface area (TPSA) is 26.3 Å². The fourth-order valence-electron chi connectivity index (χ4n) is 1.04. The average Bonchev–Trinajstić information content (AvgIpc) is 2.16. The van der Waals surface area contributed by atoms with Gasteiger partial charge in [-0.2, -0.15) is 0 Å². The van der Waals surface area contributed by atoms with E-state index in [0.717, 1.165) is 11.3 Å². The molecule has 3 heteroatoms. The predicted molar refractivity (Wildman–Crippen MR) is 52.3 cm³/mol. The maximum absolute atomic E-state index is 10.9. The van der Waals surface area contributed by atoms with Crippen molar-refractivity contribution in [3.05, 3.63) is 29.8 Å². The molecule has 1 unspecified atom stereocenters. The van der Waals surface area contributed by atoms with Crippen molar-refractivity contribution in [2.45, 2.75) is 12.8 Å². The molecular formula is C10H11ClO2. The van der Waals surface area contributed by atoms with Gasteiger partial charge in [0.05, 0.1) is 13.0 Å². The van der Waals surface area contributed by atoms with Gasteiger partial charge in [0.1, 0.15) is 5.75 Å². The van der Waals surface area contributed by atoms with Crippen LogP contribution < -0.4 is 4.74 Å². The summed E-state index contributed by atoms with van der Waals surface area (Å²) in [6.07, 6.45) is 0. The number of hydrogen-bond donors (Lipinski definition) is 0. The Morgan fingerprint density at radius 2 is 2.23 bits per heavy atom. The summed E-state index contributed by atoms with van der Waals surface area (Å²) in [5, 5.41) is -0.353. The van der Waals surface area contributed by atoms with Gasteiger partial charge in [0.15, 0.2) is 0 Å². The van der Waals surface area contributed by atoms with Crippen LogP contribution in [0.3, 0.4) is 0 Å². The number of hydrogen-bond acceptors (Lipinski definition) is 2. The highest BCUT2D eigenvalue weighted by Crippen LogP contribution is 2.22. The van der Waals surface area contributed by atoms with Crippen molar-refractivity contribution in [2.24, 2.45) is 0 Å². The van der Waals surface area contributed by atoms with Crippen molar-refractivity contribution < 1.29 is 9.53 Å². The Morgan fingerprint density at radius 3 is 2.77 bits per heavy atom. The van der Waals surface area contributed by atoms with Gasteiger partial charge in [0, 0.05) is 0 Å². The van der Waals surface area contributed by atoms with Crippen molar-refractivity contribution in [3.8, 4) is 5.75 Å². The van der Waals surface area contributed by atoms with Crippen molar-refractivity contribution in [2.75, 3.05) is 7.11 Å². The number of ether oxygens (including phenoxy) is 1. The maximum atomic E-state index is 10.9. The van der Waals surface area contributed by atoms with Gasteiger partial charge in [0.2, 0.25) is 5.24 Å². The normalized spacial score (nSPS) is 12.2. The zero-order valence-corrected chi connectivity index (χ0v) is 8.34. The molecule has 0 aliphatic carbocycles. The Bertz CT molecular complexity index is 310. The highest BCUT2D eigenvalue weighted by atomic mass is 35.5. The summed E-state index contributed by atoms with van der Waals surface area (Å²) < 4.78 is 5.03. The second-order valence-electron chi connectivity index (χ2n) is 2.80. The van der Waals surface area contributed by atoms with E-state index in [1.165, 1.54) is 0 Å². The molecule has 0 aliphatic rings. The fraction of sp³-hybridized carbons (Fsp3) is 0.300. The highest BCUT2D eigenvalue weighted by Gasteiger charge is 2.12. The molecule has 0 spiro atoms. The summed E-state index contributed by atoms with van der Waals surface area (Å²) in [6.45, 7) is 1.77. The lowest BCUT2D eigenvalue weighted by Gasteiger charge is -2.07. The SMILES string of the molecule is COc1cccc(C(C)C(=O)Cl)c1. The lowest BCUT2D eigenvalue weighted by Crippen LogP contribution is -2.01. The molecule has 0 saturated heterocycles. The van der Waals surface area contributed by atoms with Crippen LogP contribution >= 0.6 is 11.6 Å². The number of benzene rings is 1. The largest absolute Gasteiger partial charge is 0.497 e. The molecule has 0 saturated carbocycles. The zero-order valence-electron chi connectivity index (χ0n) is 7.58. The second-order valence-corrected chi connectivity index (χ2v) is 3.17. The van der Waals surface area contributed by atoms with Crippen LogP contribution in [-0.4, -0.2) is 12.4 Å². The standard InChI is InChI=1S/C10H11ClO2/c1-7(10(11)12)8-4-3-5-9(6-8)13-2/h3-7H,1-2H3. The van der Waals surface area contributed by atoms with Gasteiger partial charge in [-0.15, -0.1) is 0 Å². The Hall–Kier alpha value is -1.02. The number of rotatable bonds is 3. The van der Waals surface area contributed by atoms with Crippen LogP contribution in [0.4, 0.5) is 0 Å². The zero-order chi connectivity index (χ0) is 9.84. The third kappa shape index (κ3) is 2.46. The summed E-state index contributed by atoms with van der Waals surface area (Å²) in [6, 6.07) is 7.33. The molecule has 70 valence electrons.